The summed E-state index contributed by atoms with van der Waals surface area (Å²) < 4.78 is 6.15. The highest BCUT2D eigenvalue weighted by Gasteiger charge is 2.09. The molecule has 0 atom stereocenters. The molecule has 3 rings (SSSR count). The van der Waals surface area contributed by atoms with E-state index in [0.29, 0.717) is 6.54 Å². The predicted octanol–water partition coefficient (Wildman–Crippen LogP) is 2.93. The van der Waals surface area contributed by atoms with E-state index in [1.54, 1.807) is 18.8 Å². The van der Waals surface area contributed by atoms with Crippen LogP contribution in [0, 0.1) is 0 Å². The largest absolute Gasteiger partial charge is 0.467 e. The van der Waals surface area contributed by atoms with Crippen LogP contribution in [0.25, 0.3) is 11.2 Å². The molecule has 0 aliphatic heterocycles. The molecule has 86 valence electrons. The maximum atomic E-state index is 5.27. The normalized spacial score (nSPS) is 10.9. The minimum absolute atomic E-state index is 0.609. The van der Waals surface area contributed by atoms with Gasteiger partial charge in [0.2, 0.25) is 0 Å². The lowest BCUT2D eigenvalue weighted by atomic mass is 10.3. The Labute approximate surface area is 105 Å². The first-order valence-corrected chi connectivity index (χ1v) is 5.88. The molecular weight excluding hydrogens is 284 g/mol. The van der Waals surface area contributed by atoms with E-state index >= 15 is 0 Å². The maximum Gasteiger partial charge on any atom is 0.159 e. The number of H-pyrrole nitrogens is 1. The second kappa shape index (κ2) is 4.21. The van der Waals surface area contributed by atoms with Gasteiger partial charge in [-0.25, -0.2) is 9.97 Å². The molecule has 0 unspecified atom stereocenters. The number of hydrogen-bond donors (Lipinski definition) is 2. The molecule has 0 radical (unpaired) electrons. The Morgan fingerprint density at radius 3 is 3.18 bits per heavy atom. The van der Waals surface area contributed by atoms with Gasteiger partial charge in [-0.1, -0.05) is 0 Å². The standard InChI is InChI=1S/C11H9BrN4O/c12-8-5-14-11-10(15-6-16-11)9(8)13-4-7-2-1-3-17-7/h1-3,5-6H,4H2,(H2,13,14,15,16). The van der Waals surface area contributed by atoms with E-state index in [1.165, 1.54) is 0 Å². The fraction of sp³-hybridized carbons (Fsp3) is 0.0909. The molecule has 2 N–H and O–H groups in total. The van der Waals surface area contributed by atoms with Crippen molar-refractivity contribution in [3.63, 3.8) is 0 Å². The van der Waals surface area contributed by atoms with Crippen LogP contribution in [0.2, 0.25) is 0 Å². The minimum atomic E-state index is 0.609. The lowest BCUT2D eigenvalue weighted by molar-refractivity contribution is 0.518. The quantitative estimate of drug-likeness (QED) is 0.779. The number of nitrogens with one attached hydrogen (secondary N) is 2. The van der Waals surface area contributed by atoms with Crippen LogP contribution < -0.4 is 5.32 Å². The van der Waals surface area contributed by atoms with Crippen LogP contribution >= 0.6 is 15.9 Å². The third-order valence-corrected chi connectivity index (χ3v) is 3.02. The van der Waals surface area contributed by atoms with Crippen LogP contribution in [0.15, 0.2) is 39.8 Å². The average molecular weight is 293 g/mol. The molecule has 0 aliphatic carbocycles. The van der Waals surface area contributed by atoms with Crippen LogP contribution in [0.1, 0.15) is 5.76 Å². The molecule has 0 fully saturated rings. The summed E-state index contributed by atoms with van der Waals surface area (Å²) in [6.07, 6.45) is 5.02. The number of anilines is 1. The Hall–Kier alpha value is -1.82. The highest BCUT2D eigenvalue weighted by Crippen LogP contribution is 2.28. The first-order chi connectivity index (χ1) is 8.34. The topological polar surface area (TPSA) is 66.7 Å². The molecule has 0 saturated heterocycles. The molecule has 3 aromatic rings. The highest BCUT2D eigenvalue weighted by molar-refractivity contribution is 9.10. The van der Waals surface area contributed by atoms with Gasteiger partial charge in [0, 0.05) is 6.20 Å². The number of furan rings is 1. The van der Waals surface area contributed by atoms with Crippen molar-refractivity contribution in [3.8, 4) is 0 Å². The summed E-state index contributed by atoms with van der Waals surface area (Å²) >= 11 is 3.46. The lowest BCUT2D eigenvalue weighted by Crippen LogP contribution is -2.00. The molecule has 0 saturated carbocycles. The predicted molar refractivity (Wildman–Crippen MR) is 67.6 cm³/mol. The zero-order valence-corrected chi connectivity index (χ0v) is 10.4. The number of aromatic amines is 1. The van der Waals surface area contributed by atoms with Gasteiger partial charge in [-0.05, 0) is 28.1 Å². The zero-order chi connectivity index (χ0) is 11.7. The Morgan fingerprint density at radius 1 is 1.41 bits per heavy atom. The summed E-state index contributed by atoms with van der Waals surface area (Å²) in [5.41, 5.74) is 2.48. The number of aromatic nitrogens is 3. The summed E-state index contributed by atoms with van der Waals surface area (Å²) in [5.74, 6) is 0.873. The second-order valence-corrected chi connectivity index (χ2v) is 4.37. The minimum Gasteiger partial charge on any atom is -0.467 e. The highest BCUT2D eigenvalue weighted by atomic mass is 79.9. The smallest absolute Gasteiger partial charge is 0.159 e. The van der Waals surface area contributed by atoms with Gasteiger partial charge < -0.3 is 14.7 Å². The van der Waals surface area contributed by atoms with Crippen molar-refractivity contribution in [2.45, 2.75) is 6.54 Å². The van der Waals surface area contributed by atoms with Crippen molar-refractivity contribution in [2.24, 2.45) is 0 Å². The Bertz CT molecular complexity index is 632. The molecule has 0 aromatic carbocycles. The van der Waals surface area contributed by atoms with Crippen molar-refractivity contribution in [1.82, 2.24) is 15.0 Å². The maximum absolute atomic E-state index is 5.27. The lowest BCUT2D eigenvalue weighted by Gasteiger charge is -2.07. The van der Waals surface area contributed by atoms with Gasteiger partial charge in [0.25, 0.3) is 0 Å². The van der Waals surface area contributed by atoms with Crippen molar-refractivity contribution >= 4 is 32.8 Å². The Kier molecular flexibility index (Phi) is 2.56. The summed E-state index contributed by atoms with van der Waals surface area (Å²) in [5, 5.41) is 3.28. The van der Waals surface area contributed by atoms with E-state index in [0.717, 1.165) is 27.1 Å². The van der Waals surface area contributed by atoms with Crippen LogP contribution in [-0.4, -0.2) is 15.0 Å². The van der Waals surface area contributed by atoms with Crippen molar-refractivity contribution < 1.29 is 4.42 Å². The van der Waals surface area contributed by atoms with Gasteiger partial charge in [0.05, 0.1) is 29.3 Å². The van der Waals surface area contributed by atoms with Crippen molar-refractivity contribution in [3.05, 3.63) is 41.2 Å². The summed E-state index contributed by atoms with van der Waals surface area (Å²) in [4.78, 5) is 11.4. The number of imidazole rings is 1. The van der Waals surface area contributed by atoms with Crippen LogP contribution in [0.3, 0.4) is 0 Å². The molecule has 0 bridgehead atoms. The SMILES string of the molecule is Brc1cnc2[nH]cnc2c1NCc1ccco1. The summed E-state index contributed by atoms with van der Waals surface area (Å²) in [7, 11) is 0. The van der Waals surface area contributed by atoms with E-state index < -0.39 is 0 Å². The fourth-order valence-corrected chi connectivity index (χ4v) is 2.05. The second-order valence-electron chi connectivity index (χ2n) is 3.51. The number of halogens is 1. The molecule has 17 heavy (non-hydrogen) atoms. The molecule has 6 heteroatoms. The fourth-order valence-electron chi connectivity index (χ4n) is 1.62. The van der Waals surface area contributed by atoms with Crippen molar-refractivity contribution in [1.29, 1.82) is 0 Å². The number of nitrogens with zero attached hydrogens (tertiary/aromatic N) is 2. The Balaban J connectivity index is 1.93. The summed E-state index contributed by atoms with van der Waals surface area (Å²) in [6, 6.07) is 3.78. The Morgan fingerprint density at radius 2 is 2.35 bits per heavy atom. The molecule has 0 spiro atoms. The summed E-state index contributed by atoms with van der Waals surface area (Å²) in [6.45, 7) is 0.609. The molecule has 0 amide bonds. The molecule has 0 aliphatic rings. The van der Waals surface area contributed by atoms with E-state index in [9.17, 15) is 0 Å². The van der Waals surface area contributed by atoms with Gasteiger partial charge in [-0.2, -0.15) is 0 Å². The van der Waals surface area contributed by atoms with Gasteiger partial charge in [-0.3, -0.25) is 0 Å². The third kappa shape index (κ3) is 1.91. The van der Waals surface area contributed by atoms with Gasteiger partial charge in [0.15, 0.2) is 5.65 Å². The van der Waals surface area contributed by atoms with Crippen molar-refractivity contribution in [2.75, 3.05) is 5.32 Å². The van der Waals surface area contributed by atoms with E-state index in [4.69, 9.17) is 4.42 Å². The van der Waals surface area contributed by atoms with Gasteiger partial charge in [-0.15, -0.1) is 0 Å². The van der Waals surface area contributed by atoms with Gasteiger partial charge in [0.1, 0.15) is 11.3 Å². The number of pyridine rings is 1. The third-order valence-electron chi connectivity index (χ3n) is 2.42. The van der Waals surface area contributed by atoms with Crippen LogP contribution in [0.5, 0.6) is 0 Å². The number of rotatable bonds is 3. The average Bonchev–Trinajstić information content (AvgIpc) is 2.97. The molecule has 5 nitrogen and oxygen atoms in total. The van der Waals surface area contributed by atoms with Gasteiger partial charge >= 0.3 is 0 Å². The zero-order valence-electron chi connectivity index (χ0n) is 8.77. The first-order valence-electron chi connectivity index (χ1n) is 5.08. The monoisotopic (exact) mass is 292 g/mol. The van der Waals surface area contributed by atoms with E-state index in [2.05, 4.69) is 36.2 Å². The van der Waals surface area contributed by atoms with E-state index in [-0.39, 0.29) is 0 Å². The number of hydrogen-bond acceptors (Lipinski definition) is 4. The van der Waals surface area contributed by atoms with E-state index in [1.807, 2.05) is 12.1 Å². The molecule has 3 heterocycles. The molecular formula is C11H9BrN4O. The molecule has 3 aromatic heterocycles. The number of fused-ring (bicyclic) bond motifs is 1. The first kappa shape index (κ1) is 10.3. The van der Waals surface area contributed by atoms with Crippen LogP contribution in [0.4, 0.5) is 5.69 Å². The van der Waals surface area contributed by atoms with Crippen LogP contribution in [-0.2, 0) is 6.54 Å².